The summed E-state index contributed by atoms with van der Waals surface area (Å²) in [5.41, 5.74) is 0. The Labute approximate surface area is 172 Å². The summed E-state index contributed by atoms with van der Waals surface area (Å²) in [6.07, 6.45) is 0.755. The van der Waals surface area contributed by atoms with Gasteiger partial charge in [0.15, 0.2) is 9.84 Å². The second kappa shape index (κ2) is 10.3. The fourth-order valence-electron chi connectivity index (χ4n) is 2.91. The van der Waals surface area contributed by atoms with Gasteiger partial charge in [-0.1, -0.05) is 6.92 Å². The Balaban J connectivity index is 1.98. The van der Waals surface area contributed by atoms with E-state index in [1.165, 1.54) is 28.6 Å². The SMILES string of the molecule is CCOC(=O)NC1CCCN(S(=O)(=O)c2ccc(OCCS(=O)(=O)CC)cc2)C1. The van der Waals surface area contributed by atoms with Gasteiger partial charge in [0, 0.05) is 24.9 Å². The van der Waals surface area contributed by atoms with Crippen molar-refractivity contribution in [2.24, 2.45) is 0 Å². The van der Waals surface area contributed by atoms with Crippen LogP contribution < -0.4 is 10.1 Å². The first-order valence-corrected chi connectivity index (χ1v) is 12.8. The normalized spacial score (nSPS) is 18.2. The molecule has 1 heterocycles. The number of ether oxygens (including phenoxy) is 2. The van der Waals surface area contributed by atoms with Gasteiger partial charge in [0.05, 0.1) is 17.3 Å². The highest BCUT2D eigenvalue weighted by Gasteiger charge is 2.31. The van der Waals surface area contributed by atoms with Crippen molar-refractivity contribution in [2.75, 3.05) is 37.8 Å². The van der Waals surface area contributed by atoms with Crippen LogP contribution in [0.15, 0.2) is 29.2 Å². The molecule has 29 heavy (non-hydrogen) atoms. The first-order chi connectivity index (χ1) is 13.7. The van der Waals surface area contributed by atoms with Crippen molar-refractivity contribution in [3.05, 3.63) is 24.3 Å². The third-order valence-electron chi connectivity index (χ3n) is 4.55. The lowest BCUT2D eigenvalue weighted by molar-refractivity contribution is 0.142. The number of nitrogens with zero attached hydrogens (tertiary/aromatic N) is 1. The number of hydrogen-bond acceptors (Lipinski definition) is 7. The number of alkyl carbamates (subject to hydrolysis) is 1. The smallest absolute Gasteiger partial charge is 0.407 e. The van der Waals surface area contributed by atoms with E-state index >= 15 is 0 Å². The summed E-state index contributed by atoms with van der Waals surface area (Å²) < 4.78 is 60.4. The molecule has 1 fully saturated rings. The molecule has 1 aromatic rings. The van der Waals surface area contributed by atoms with Crippen LogP contribution in [0.4, 0.5) is 4.79 Å². The highest BCUT2D eigenvalue weighted by Crippen LogP contribution is 2.23. The Morgan fingerprint density at radius 2 is 1.86 bits per heavy atom. The fourth-order valence-corrected chi connectivity index (χ4v) is 5.06. The van der Waals surface area contributed by atoms with E-state index in [4.69, 9.17) is 9.47 Å². The van der Waals surface area contributed by atoms with E-state index in [-0.39, 0.29) is 42.2 Å². The van der Waals surface area contributed by atoms with Gasteiger partial charge < -0.3 is 14.8 Å². The second-order valence-corrected chi connectivity index (χ2v) is 11.0. The van der Waals surface area contributed by atoms with Gasteiger partial charge in [0.25, 0.3) is 0 Å². The van der Waals surface area contributed by atoms with E-state index in [1.54, 1.807) is 13.8 Å². The number of carbonyl (C=O) groups is 1. The summed E-state index contributed by atoms with van der Waals surface area (Å²) in [6.45, 7) is 4.08. The summed E-state index contributed by atoms with van der Waals surface area (Å²) >= 11 is 0. The molecule has 0 aromatic heterocycles. The van der Waals surface area contributed by atoms with Gasteiger partial charge >= 0.3 is 6.09 Å². The summed E-state index contributed by atoms with van der Waals surface area (Å²) in [7, 11) is -6.84. The summed E-state index contributed by atoms with van der Waals surface area (Å²) in [5, 5.41) is 2.69. The quantitative estimate of drug-likeness (QED) is 0.606. The number of hydrogen-bond donors (Lipinski definition) is 1. The molecule has 1 saturated heterocycles. The van der Waals surface area contributed by atoms with Crippen LogP contribution >= 0.6 is 0 Å². The predicted molar refractivity (Wildman–Crippen MR) is 108 cm³/mol. The molecule has 164 valence electrons. The van der Waals surface area contributed by atoms with Crippen LogP contribution in [0.3, 0.4) is 0 Å². The van der Waals surface area contributed by atoms with Gasteiger partial charge in [-0.2, -0.15) is 4.31 Å². The van der Waals surface area contributed by atoms with Crippen LogP contribution in [-0.2, 0) is 24.6 Å². The predicted octanol–water partition coefficient (Wildman–Crippen LogP) is 1.40. The molecule has 1 aliphatic heterocycles. The van der Waals surface area contributed by atoms with E-state index in [1.807, 2.05) is 0 Å². The molecule has 1 N–H and O–H groups in total. The zero-order valence-electron chi connectivity index (χ0n) is 16.7. The monoisotopic (exact) mass is 448 g/mol. The third-order valence-corrected chi connectivity index (χ3v) is 8.09. The maximum absolute atomic E-state index is 12.9. The molecule has 0 bridgehead atoms. The first kappa shape index (κ1) is 23.4. The number of piperidine rings is 1. The maximum atomic E-state index is 12.9. The Morgan fingerprint density at radius 3 is 2.48 bits per heavy atom. The largest absolute Gasteiger partial charge is 0.493 e. The molecule has 1 aliphatic rings. The molecule has 9 nitrogen and oxygen atoms in total. The standard InChI is InChI=1S/C18H28N2O7S2/c1-3-26-18(21)19-15-6-5-11-20(14-15)29(24,25)17-9-7-16(8-10-17)27-12-13-28(22,23)4-2/h7-10,15H,3-6,11-14H2,1-2H3,(H,19,21). The zero-order chi connectivity index (χ0) is 21.5. The zero-order valence-corrected chi connectivity index (χ0v) is 18.3. The van der Waals surface area contributed by atoms with Gasteiger partial charge in [-0.15, -0.1) is 0 Å². The van der Waals surface area contributed by atoms with Crippen LogP contribution in [0.5, 0.6) is 5.75 Å². The Kier molecular flexibility index (Phi) is 8.29. The number of benzene rings is 1. The summed E-state index contributed by atoms with van der Waals surface area (Å²) in [6, 6.07) is 5.57. The lowest BCUT2D eigenvalue weighted by Gasteiger charge is -2.32. The summed E-state index contributed by atoms with van der Waals surface area (Å²) in [5.74, 6) is 0.359. The van der Waals surface area contributed by atoms with Crippen LogP contribution in [0.2, 0.25) is 0 Å². The fraction of sp³-hybridized carbons (Fsp3) is 0.611. The molecule has 0 aliphatic carbocycles. The number of amides is 1. The molecular weight excluding hydrogens is 420 g/mol. The van der Waals surface area contributed by atoms with Crippen LogP contribution in [0, 0.1) is 0 Å². The van der Waals surface area contributed by atoms with Crippen molar-refractivity contribution in [3.63, 3.8) is 0 Å². The van der Waals surface area contributed by atoms with Crippen LogP contribution in [-0.4, -0.2) is 71.1 Å². The average molecular weight is 449 g/mol. The van der Waals surface area contributed by atoms with E-state index in [0.717, 1.165) is 0 Å². The highest BCUT2D eigenvalue weighted by molar-refractivity contribution is 7.91. The molecule has 1 amide bonds. The summed E-state index contributed by atoms with van der Waals surface area (Å²) in [4.78, 5) is 11.7. The Bertz CT molecular complexity index is 883. The Hall–Kier alpha value is -1.85. The van der Waals surface area contributed by atoms with Gasteiger partial charge in [-0.3, -0.25) is 0 Å². The molecular formula is C18H28N2O7S2. The number of nitrogens with one attached hydrogen (secondary N) is 1. The van der Waals surface area contributed by atoms with Crippen molar-refractivity contribution < 1.29 is 31.1 Å². The topological polar surface area (TPSA) is 119 Å². The number of rotatable bonds is 9. The molecule has 2 rings (SSSR count). The van der Waals surface area contributed by atoms with Crippen molar-refractivity contribution in [3.8, 4) is 5.75 Å². The van der Waals surface area contributed by atoms with Gasteiger partial charge in [0.2, 0.25) is 10.0 Å². The Morgan fingerprint density at radius 1 is 1.17 bits per heavy atom. The molecule has 1 unspecified atom stereocenters. The third kappa shape index (κ3) is 6.86. The minimum Gasteiger partial charge on any atom is -0.493 e. The van der Waals surface area contributed by atoms with Crippen molar-refractivity contribution in [1.82, 2.24) is 9.62 Å². The van der Waals surface area contributed by atoms with Crippen LogP contribution in [0.25, 0.3) is 0 Å². The van der Waals surface area contributed by atoms with Crippen molar-refractivity contribution in [1.29, 1.82) is 0 Å². The van der Waals surface area contributed by atoms with E-state index < -0.39 is 26.0 Å². The average Bonchev–Trinajstić information content (AvgIpc) is 2.68. The number of sulfone groups is 1. The van der Waals surface area contributed by atoms with Crippen LogP contribution in [0.1, 0.15) is 26.7 Å². The lowest BCUT2D eigenvalue weighted by Crippen LogP contribution is -2.49. The molecule has 0 spiro atoms. The molecule has 1 atom stereocenters. The van der Waals surface area contributed by atoms with E-state index in [0.29, 0.717) is 25.1 Å². The molecule has 0 saturated carbocycles. The van der Waals surface area contributed by atoms with Gasteiger partial charge in [0.1, 0.15) is 12.4 Å². The highest BCUT2D eigenvalue weighted by atomic mass is 32.2. The maximum Gasteiger partial charge on any atom is 0.407 e. The van der Waals surface area contributed by atoms with Gasteiger partial charge in [-0.25, -0.2) is 21.6 Å². The molecule has 0 radical (unpaired) electrons. The molecule has 1 aromatic carbocycles. The lowest BCUT2D eigenvalue weighted by atomic mass is 10.1. The number of sulfonamides is 1. The molecule has 11 heteroatoms. The van der Waals surface area contributed by atoms with E-state index in [2.05, 4.69) is 5.32 Å². The van der Waals surface area contributed by atoms with Crippen molar-refractivity contribution in [2.45, 2.75) is 37.6 Å². The first-order valence-electron chi connectivity index (χ1n) is 9.54. The second-order valence-electron chi connectivity index (χ2n) is 6.62. The minimum absolute atomic E-state index is 0.00953. The number of carbonyl (C=O) groups excluding carboxylic acids is 1. The van der Waals surface area contributed by atoms with Gasteiger partial charge in [-0.05, 0) is 44.0 Å². The van der Waals surface area contributed by atoms with Crippen molar-refractivity contribution >= 4 is 26.0 Å². The van der Waals surface area contributed by atoms with E-state index in [9.17, 15) is 21.6 Å². The minimum atomic E-state index is -3.72.